The van der Waals surface area contributed by atoms with Gasteiger partial charge in [0.15, 0.2) is 0 Å². The van der Waals surface area contributed by atoms with Gasteiger partial charge in [-0.05, 0) is 23.1 Å². The van der Waals surface area contributed by atoms with Gasteiger partial charge in [-0.1, -0.05) is 47.7 Å². The molecule has 0 saturated carbocycles. The number of benzene rings is 2. The molecule has 0 bridgehead atoms. The van der Waals surface area contributed by atoms with Crippen LogP contribution in [0.5, 0.6) is 0 Å². The van der Waals surface area contributed by atoms with Gasteiger partial charge in [0.25, 0.3) is 5.91 Å². The van der Waals surface area contributed by atoms with Gasteiger partial charge in [-0.15, -0.1) is 5.10 Å². The summed E-state index contributed by atoms with van der Waals surface area (Å²) in [5.41, 5.74) is 1.89. The zero-order valence-electron chi connectivity index (χ0n) is 17.0. The minimum atomic E-state index is -3.63. The largest absolute Gasteiger partial charge is 0.394 e. The highest BCUT2D eigenvalue weighted by atomic mass is 19.3. The summed E-state index contributed by atoms with van der Waals surface area (Å²) in [4.78, 5) is 16.2. The predicted octanol–water partition coefficient (Wildman–Crippen LogP) is 3.37. The van der Waals surface area contributed by atoms with E-state index >= 15 is 0 Å². The summed E-state index contributed by atoms with van der Waals surface area (Å²) in [7, 11) is 0. The third kappa shape index (κ3) is 4.78. The fraction of sp³-hybridized carbons (Fsp3) is 0.217. The van der Waals surface area contributed by atoms with Crippen LogP contribution in [0, 0.1) is 0 Å². The van der Waals surface area contributed by atoms with E-state index in [2.05, 4.69) is 20.6 Å². The van der Waals surface area contributed by atoms with Crippen molar-refractivity contribution in [1.82, 2.24) is 25.3 Å². The number of aliphatic hydroxyl groups excluding tert-OH is 1. The Balaban J connectivity index is 1.40. The molecule has 4 aromatic rings. The molecule has 2 aromatic heterocycles. The number of carbonyl (C=O) groups excluding carboxylic acids is 1. The SMILES string of the molecule is O=C(N[C@@H](CO)c1ccccc1)C(F)(F)CCn1cc(-c2ccc3cnccc3c2)nn1. The van der Waals surface area contributed by atoms with Crippen LogP contribution in [-0.2, 0) is 11.3 Å². The Labute approximate surface area is 182 Å². The maximum Gasteiger partial charge on any atom is 0.326 e. The average molecular weight is 437 g/mol. The van der Waals surface area contributed by atoms with Gasteiger partial charge in [-0.25, -0.2) is 0 Å². The number of pyridine rings is 1. The molecule has 0 saturated heterocycles. The van der Waals surface area contributed by atoms with Gasteiger partial charge in [0.05, 0.1) is 18.8 Å². The summed E-state index contributed by atoms with van der Waals surface area (Å²) in [6.07, 6.45) is 4.26. The van der Waals surface area contributed by atoms with Gasteiger partial charge in [0, 0.05) is 36.3 Å². The van der Waals surface area contributed by atoms with E-state index in [1.807, 2.05) is 24.3 Å². The van der Waals surface area contributed by atoms with E-state index in [0.717, 1.165) is 16.3 Å². The van der Waals surface area contributed by atoms with Crippen molar-refractivity contribution in [2.45, 2.75) is 24.9 Å². The molecular weight excluding hydrogens is 416 g/mol. The Hall–Kier alpha value is -3.72. The van der Waals surface area contributed by atoms with Crippen molar-refractivity contribution in [3.63, 3.8) is 0 Å². The quantitative estimate of drug-likeness (QED) is 0.441. The van der Waals surface area contributed by atoms with Crippen LogP contribution >= 0.6 is 0 Å². The summed E-state index contributed by atoms with van der Waals surface area (Å²) < 4.78 is 30.2. The third-order valence-electron chi connectivity index (χ3n) is 5.15. The van der Waals surface area contributed by atoms with Crippen molar-refractivity contribution >= 4 is 16.7 Å². The lowest BCUT2D eigenvalue weighted by molar-refractivity contribution is -0.148. The maximum atomic E-state index is 14.5. The highest BCUT2D eigenvalue weighted by molar-refractivity contribution is 5.86. The molecule has 0 spiro atoms. The molecular formula is C23H21F2N5O2. The van der Waals surface area contributed by atoms with Gasteiger partial charge < -0.3 is 10.4 Å². The van der Waals surface area contributed by atoms with Gasteiger partial charge >= 0.3 is 5.92 Å². The number of nitrogens with one attached hydrogen (secondary N) is 1. The van der Waals surface area contributed by atoms with E-state index in [1.165, 1.54) is 4.68 Å². The van der Waals surface area contributed by atoms with E-state index < -0.39 is 30.9 Å². The second kappa shape index (κ2) is 9.19. The number of aromatic nitrogens is 4. The fourth-order valence-corrected chi connectivity index (χ4v) is 3.33. The van der Waals surface area contributed by atoms with E-state index in [1.54, 1.807) is 48.9 Å². The molecule has 0 aliphatic carbocycles. The topological polar surface area (TPSA) is 92.9 Å². The zero-order valence-corrected chi connectivity index (χ0v) is 17.0. The summed E-state index contributed by atoms with van der Waals surface area (Å²) in [6.45, 7) is -0.680. The van der Waals surface area contributed by atoms with Crippen molar-refractivity contribution in [1.29, 1.82) is 0 Å². The number of aliphatic hydroxyl groups is 1. The van der Waals surface area contributed by atoms with Crippen molar-refractivity contribution in [2.24, 2.45) is 0 Å². The molecule has 2 N–H and O–H groups in total. The minimum Gasteiger partial charge on any atom is -0.394 e. The molecule has 2 aromatic carbocycles. The maximum absolute atomic E-state index is 14.5. The smallest absolute Gasteiger partial charge is 0.326 e. The molecule has 0 radical (unpaired) electrons. The molecule has 9 heteroatoms. The van der Waals surface area contributed by atoms with E-state index in [0.29, 0.717) is 11.3 Å². The summed E-state index contributed by atoms with van der Waals surface area (Å²) in [6, 6.07) is 15.1. The van der Waals surface area contributed by atoms with E-state index in [9.17, 15) is 18.7 Å². The number of nitrogens with zero attached hydrogens (tertiary/aromatic N) is 4. The second-order valence-electron chi connectivity index (χ2n) is 7.38. The Morgan fingerprint density at radius 3 is 2.72 bits per heavy atom. The average Bonchev–Trinajstić information content (AvgIpc) is 3.30. The third-order valence-corrected chi connectivity index (χ3v) is 5.15. The summed E-state index contributed by atoms with van der Waals surface area (Å²) >= 11 is 0. The first kappa shape index (κ1) is 21.5. The number of amides is 1. The van der Waals surface area contributed by atoms with Crippen LogP contribution in [-0.4, -0.2) is 43.5 Å². The monoisotopic (exact) mass is 437 g/mol. The Kier molecular flexibility index (Phi) is 6.18. The van der Waals surface area contributed by atoms with Crippen molar-refractivity contribution in [2.75, 3.05) is 6.61 Å². The van der Waals surface area contributed by atoms with Crippen LogP contribution < -0.4 is 5.32 Å². The van der Waals surface area contributed by atoms with Gasteiger partial charge in [-0.3, -0.25) is 14.5 Å². The molecule has 2 heterocycles. The number of hydrogen-bond acceptors (Lipinski definition) is 5. The van der Waals surface area contributed by atoms with Crippen molar-refractivity contribution in [3.05, 3.63) is 78.8 Å². The normalized spacial score (nSPS) is 12.6. The van der Waals surface area contributed by atoms with Gasteiger partial charge in [-0.2, -0.15) is 8.78 Å². The standard InChI is InChI=1S/C23H21F2N5O2/c24-23(25,22(32)27-21(15-31)16-4-2-1-3-5-16)9-11-30-14-20(28-29-30)18-6-7-19-13-26-10-8-17(19)12-18/h1-8,10,12-14,21,31H,9,11,15H2,(H,27,32)/t21-/m0/s1. The molecule has 1 amide bonds. The van der Waals surface area contributed by atoms with E-state index in [4.69, 9.17) is 0 Å². The van der Waals surface area contributed by atoms with E-state index in [-0.39, 0.29) is 6.54 Å². The lowest BCUT2D eigenvalue weighted by Gasteiger charge is -2.21. The fourth-order valence-electron chi connectivity index (χ4n) is 3.33. The Morgan fingerprint density at radius 2 is 1.94 bits per heavy atom. The number of rotatable bonds is 8. The molecule has 7 nitrogen and oxygen atoms in total. The lowest BCUT2D eigenvalue weighted by Crippen LogP contribution is -2.43. The molecule has 0 unspecified atom stereocenters. The molecule has 0 aliphatic heterocycles. The van der Waals surface area contributed by atoms with Crippen molar-refractivity contribution in [3.8, 4) is 11.3 Å². The highest BCUT2D eigenvalue weighted by Crippen LogP contribution is 2.24. The van der Waals surface area contributed by atoms with Crippen LogP contribution in [0.1, 0.15) is 18.0 Å². The number of carbonyl (C=O) groups is 1. The Morgan fingerprint density at radius 1 is 1.12 bits per heavy atom. The molecule has 4 rings (SSSR count). The number of halogens is 2. The van der Waals surface area contributed by atoms with Crippen LogP contribution in [0.2, 0.25) is 0 Å². The number of aryl methyl sites for hydroxylation is 1. The van der Waals surface area contributed by atoms with Gasteiger partial charge in [0.1, 0.15) is 5.69 Å². The summed E-state index contributed by atoms with van der Waals surface area (Å²) in [5.74, 6) is -5.08. The summed E-state index contributed by atoms with van der Waals surface area (Å²) in [5, 5.41) is 21.6. The van der Waals surface area contributed by atoms with Gasteiger partial charge in [0.2, 0.25) is 0 Å². The first-order chi connectivity index (χ1) is 15.5. The van der Waals surface area contributed by atoms with Crippen LogP contribution in [0.3, 0.4) is 0 Å². The first-order valence-electron chi connectivity index (χ1n) is 10.0. The number of hydrogen-bond donors (Lipinski definition) is 2. The highest BCUT2D eigenvalue weighted by Gasteiger charge is 2.39. The molecule has 32 heavy (non-hydrogen) atoms. The zero-order chi connectivity index (χ0) is 22.6. The van der Waals surface area contributed by atoms with Crippen LogP contribution in [0.4, 0.5) is 8.78 Å². The molecule has 1 atom stereocenters. The van der Waals surface area contributed by atoms with Crippen LogP contribution in [0.15, 0.2) is 73.2 Å². The van der Waals surface area contributed by atoms with Crippen LogP contribution in [0.25, 0.3) is 22.0 Å². The molecule has 0 fully saturated rings. The molecule has 0 aliphatic rings. The number of fused-ring (bicyclic) bond motifs is 1. The second-order valence-corrected chi connectivity index (χ2v) is 7.38. The lowest BCUT2D eigenvalue weighted by atomic mass is 10.1. The Bertz CT molecular complexity index is 1210. The minimum absolute atomic E-state index is 0.194. The first-order valence-corrected chi connectivity index (χ1v) is 10.0. The molecule has 164 valence electrons. The predicted molar refractivity (Wildman–Crippen MR) is 115 cm³/mol. The van der Waals surface area contributed by atoms with Crippen molar-refractivity contribution < 1.29 is 18.7 Å². The number of alkyl halides is 2.